The minimum atomic E-state index is -0.0559. The van der Waals surface area contributed by atoms with Crippen molar-refractivity contribution in [1.29, 1.82) is 0 Å². The van der Waals surface area contributed by atoms with E-state index in [0.717, 1.165) is 55.9 Å². The number of ether oxygens (including phenoxy) is 1. The fourth-order valence-electron chi connectivity index (χ4n) is 5.17. The number of halogens is 1. The van der Waals surface area contributed by atoms with Crippen molar-refractivity contribution in [2.45, 2.75) is 102 Å². The van der Waals surface area contributed by atoms with Crippen molar-refractivity contribution >= 4 is 35.1 Å². The number of aromatic nitrogens is 2. The minimum absolute atomic E-state index is 0.0390. The molecule has 0 spiro atoms. The van der Waals surface area contributed by atoms with Crippen LogP contribution in [0.15, 0.2) is 53.7 Å². The van der Waals surface area contributed by atoms with Crippen LogP contribution in [0.5, 0.6) is 5.75 Å². The zero-order valence-corrected chi connectivity index (χ0v) is 28.9. The highest BCUT2D eigenvalue weighted by molar-refractivity contribution is 7.98. The van der Waals surface area contributed by atoms with Gasteiger partial charge < -0.3 is 15.0 Å². The molecule has 238 valence electrons. The molecule has 1 aromatic heterocycles. The van der Waals surface area contributed by atoms with E-state index in [-0.39, 0.29) is 16.7 Å². The Morgan fingerprint density at radius 1 is 0.955 bits per heavy atom. The lowest BCUT2D eigenvalue weighted by Crippen LogP contribution is -2.24. The first kappa shape index (κ1) is 34.1. The van der Waals surface area contributed by atoms with Gasteiger partial charge in [0.25, 0.3) is 5.91 Å². The van der Waals surface area contributed by atoms with Crippen molar-refractivity contribution < 1.29 is 9.53 Å². The van der Waals surface area contributed by atoms with Gasteiger partial charge in [-0.15, -0.1) is 0 Å². The van der Waals surface area contributed by atoms with Crippen LogP contribution in [-0.4, -0.2) is 42.1 Å². The normalized spacial score (nSPS) is 13.8. The quantitative estimate of drug-likeness (QED) is 0.0777. The number of anilines is 1. The number of thioether (sulfide) groups is 1. The van der Waals surface area contributed by atoms with Gasteiger partial charge in [-0.1, -0.05) is 89.2 Å². The lowest BCUT2D eigenvalue weighted by atomic mass is 9.76. The van der Waals surface area contributed by atoms with Crippen LogP contribution in [0, 0.1) is 0 Å². The predicted molar refractivity (Wildman–Crippen MR) is 185 cm³/mol. The summed E-state index contributed by atoms with van der Waals surface area (Å²) >= 11 is 7.83. The van der Waals surface area contributed by atoms with Crippen LogP contribution >= 0.6 is 23.4 Å². The first-order chi connectivity index (χ1) is 21.0. The van der Waals surface area contributed by atoms with E-state index in [1.54, 1.807) is 11.8 Å². The monoisotopic (exact) mass is 636 g/mol. The lowest BCUT2D eigenvalue weighted by molar-refractivity contribution is 0.0952. The highest BCUT2D eigenvalue weighted by atomic mass is 35.5. The maximum absolute atomic E-state index is 12.7. The molecule has 3 aromatic rings. The zero-order valence-electron chi connectivity index (χ0n) is 27.3. The number of carbonyl (C=O) groups excluding carboxylic acids is 1. The summed E-state index contributed by atoms with van der Waals surface area (Å²) in [5.41, 5.74) is 4.58. The third-order valence-corrected chi connectivity index (χ3v) is 10.2. The molecular weight excluding hydrogens is 588 g/mol. The third-order valence-electron chi connectivity index (χ3n) is 9.05. The topological polar surface area (TPSA) is 67.3 Å². The molecule has 2 heterocycles. The molecule has 0 aliphatic carbocycles. The van der Waals surface area contributed by atoms with Gasteiger partial charge in [0.2, 0.25) is 0 Å². The van der Waals surface area contributed by atoms with Gasteiger partial charge in [0, 0.05) is 42.6 Å². The standard InChI is InChI=1S/C36H49ClN4O2S/c1-7-35(3,4)28-17-18-30(29(23-28)36(5,6)8-2)43-22-12-9-19-38-33(42)27-15-13-26(14-16-27)25-44-34-39-31(37)24-32(40-34)41-20-10-11-21-41/h13-18,23-24H,7-12,19-22,25H2,1-6H3,(H,38,42). The van der Waals surface area contributed by atoms with E-state index in [1.165, 1.54) is 24.0 Å². The van der Waals surface area contributed by atoms with Crippen molar-refractivity contribution in [3.63, 3.8) is 0 Å². The van der Waals surface area contributed by atoms with Crippen LogP contribution in [-0.2, 0) is 16.6 Å². The number of rotatable bonds is 15. The zero-order chi connectivity index (χ0) is 31.7. The van der Waals surface area contributed by atoms with E-state index in [9.17, 15) is 4.79 Å². The number of unbranched alkanes of at least 4 members (excludes halogenated alkanes) is 1. The van der Waals surface area contributed by atoms with E-state index < -0.39 is 0 Å². The van der Waals surface area contributed by atoms with E-state index in [0.29, 0.717) is 34.8 Å². The molecule has 44 heavy (non-hydrogen) atoms. The Labute approximate surface area is 273 Å². The molecule has 0 bridgehead atoms. The Hall–Kier alpha value is -2.77. The second kappa shape index (κ2) is 15.5. The largest absolute Gasteiger partial charge is 0.493 e. The summed E-state index contributed by atoms with van der Waals surface area (Å²) in [7, 11) is 0. The van der Waals surface area contributed by atoms with Crippen LogP contribution in [0.2, 0.25) is 5.15 Å². The number of benzene rings is 2. The van der Waals surface area contributed by atoms with Gasteiger partial charge in [0.15, 0.2) is 5.16 Å². The molecule has 1 amide bonds. The summed E-state index contributed by atoms with van der Waals surface area (Å²) in [6, 6.07) is 16.3. The van der Waals surface area contributed by atoms with E-state index >= 15 is 0 Å². The molecule has 1 aliphatic rings. The average Bonchev–Trinajstić information content (AvgIpc) is 3.57. The molecule has 4 rings (SSSR count). The maximum Gasteiger partial charge on any atom is 0.251 e. The van der Waals surface area contributed by atoms with Crippen LogP contribution in [0.4, 0.5) is 5.82 Å². The number of nitrogens with one attached hydrogen (secondary N) is 1. The van der Waals surface area contributed by atoms with E-state index in [4.69, 9.17) is 21.3 Å². The van der Waals surface area contributed by atoms with Gasteiger partial charge in [-0.05, 0) is 78.7 Å². The van der Waals surface area contributed by atoms with Crippen molar-refractivity contribution in [2.75, 3.05) is 31.1 Å². The Bertz CT molecular complexity index is 1390. The van der Waals surface area contributed by atoms with Gasteiger partial charge >= 0.3 is 0 Å². The fraction of sp³-hybridized carbons (Fsp3) is 0.528. The van der Waals surface area contributed by atoms with Crippen molar-refractivity contribution in [3.05, 3.63) is 75.9 Å². The predicted octanol–water partition coefficient (Wildman–Crippen LogP) is 8.99. The van der Waals surface area contributed by atoms with Crippen molar-refractivity contribution in [1.82, 2.24) is 15.3 Å². The molecule has 1 saturated heterocycles. The van der Waals surface area contributed by atoms with E-state index in [2.05, 4.69) is 74.9 Å². The first-order valence-corrected chi connectivity index (χ1v) is 17.5. The summed E-state index contributed by atoms with van der Waals surface area (Å²) in [4.78, 5) is 24.1. The highest BCUT2D eigenvalue weighted by Gasteiger charge is 2.26. The molecular formula is C36H49ClN4O2S. The molecule has 1 fully saturated rings. The molecule has 0 saturated carbocycles. The minimum Gasteiger partial charge on any atom is -0.493 e. The molecule has 0 radical (unpaired) electrons. The maximum atomic E-state index is 12.7. The Balaban J connectivity index is 1.21. The molecule has 2 aromatic carbocycles. The Kier molecular flexibility index (Phi) is 12.0. The molecule has 8 heteroatoms. The van der Waals surface area contributed by atoms with Gasteiger partial charge in [0.1, 0.15) is 16.7 Å². The van der Waals surface area contributed by atoms with Crippen LogP contribution in [0.25, 0.3) is 0 Å². The van der Waals surface area contributed by atoms with Gasteiger partial charge in [0.05, 0.1) is 6.61 Å². The molecule has 0 atom stereocenters. The molecule has 6 nitrogen and oxygen atoms in total. The second-order valence-corrected chi connectivity index (χ2v) is 14.3. The fourth-order valence-corrected chi connectivity index (χ4v) is 6.21. The Morgan fingerprint density at radius 3 is 2.34 bits per heavy atom. The number of nitrogens with zero attached hydrogens (tertiary/aromatic N) is 3. The van der Waals surface area contributed by atoms with Crippen LogP contribution in [0.3, 0.4) is 0 Å². The first-order valence-electron chi connectivity index (χ1n) is 16.1. The van der Waals surface area contributed by atoms with Gasteiger partial charge in [-0.25, -0.2) is 9.97 Å². The number of amides is 1. The second-order valence-electron chi connectivity index (χ2n) is 13.0. The third kappa shape index (κ3) is 9.13. The SMILES string of the molecule is CCC(C)(C)c1ccc(OCCCCNC(=O)c2ccc(CSc3nc(Cl)cc(N4CCCC4)n3)cc2)c(C(C)(C)CC)c1. The Morgan fingerprint density at radius 2 is 1.66 bits per heavy atom. The summed E-state index contributed by atoms with van der Waals surface area (Å²) in [6.45, 7) is 16.9. The average molecular weight is 637 g/mol. The lowest BCUT2D eigenvalue weighted by Gasteiger charge is -2.30. The molecule has 1 N–H and O–H groups in total. The van der Waals surface area contributed by atoms with Crippen LogP contribution in [0.1, 0.15) is 107 Å². The molecule has 1 aliphatic heterocycles. The highest BCUT2D eigenvalue weighted by Crippen LogP contribution is 2.38. The molecule has 0 unspecified atom stereocenters. The number of hydrogen-bond donors (Lipinski definition) is 1. The number of hydrogen-bond acceptors (Lipinski definition) is 6. The van der Waals surface area contributed by atoms with E-state index in [1.807, 2.05) is 30.3 Å². The van der Waals surface area contributed by atoms with Crippen molar-refractivity contribution in [2.24, 2.45) is 0 Å². The summed E-state index contributed by atoms with van der Waals surface area (Å²) in [5, 5.41) is 4.20. The number of carbonyl (C=O) groups is 1. The smallest absolute Gasteiger partial charge is 0.251 e. The summed E-state index contributed by atoms with van der Waals surface area (Å²) in [6.07, 6.45) is 6.23. The van der Waals surface area contributed by atoms with Crippen molar-refractivity contribution in [3.8, 4) is 5.75 Å². The summed E-state index contributed by atoms with van der Waals surface area (Å²) < 4.78 is 6.29. The van der Waals surface area contributed by atoms with Gasteiger partial charge in [-0.2, -0.15) is 0 Å². The van der Waals surface area contributed by atoms with Crippen LogP contribution < -0.4 is 15.0 Å². The summed E-state index contributed by atoms with van der Waals surface area (Å²) in [5.74, 6) is 2.53. The van der Waals surface area contributed by atoms with Gasteiger partial charge in [-0.3, -0.25) is 4.79 Å².